The third-order valence-corrected chi connectivity index (χ3v) is 3.23. The number of hydrogen-bond donors (Lipinski definition) is 2. The van der Waals surface area contributed by atoms with Gasteiger partial charge >= 0.3 is 0 Å². The monoisotopic (exact) mass is 232 g/mol. The van der Waals surface area contributed by atoms with E-state index in [9.17, 15) is 0 Å². The van der Waals surface area contributed by atoms with Crippen LogP contribution in [0.15, 0.2) is 47.8 Å². The Hall–Kier alpha value is -1.32. The zero-order valence-corrected chi connectivity index (χ0v) is 9.91. The summed E-state index contributed by atoms with van der Waals surface area (Å²) in [6, 6.07) is 14.6. The van der Waals surface area contributed by atoms with Crippen molar-refractivity contribution in [3.05, 3.63) is 53.4 Å². The Morgan fingerprint density at radius 2 is 1.94 bits per heavy atom. The van der Waals surface area contributed by atoms with Crippen molar-refractivity contribution in [2.45, 2.75) is 12.5 Å². The summed E-state index contributed by atoms with van der Waals surface area (Å²) in [6.07, 6.45) is 0.916. The minimum atomic E-state index is 0.157. The fourth-order valence-electron chi connectivity index (χ4n) is 1.60. The lowest BCUT2D eigenvalue weighted by molar-refractivity contribution is 0.700. The first-order valence-electron chi connectivity index (χ1n) is 5.41. The van der Waals surface area contributed by atoms with Crippen molar-refractivity contribution < 1.29 is 0 Å². The molecule has 3 N–H and O–H groups in total. The highest BCUT2D eigenvalue weighted by molar-refractivity contribution is 7.14. The highest BCUT2D eigenvalue weighted by Gasteiger charge is 2.03. The molecule has 0 saturated carbocycles. The van der Waals surface area contributed by atoms with Gasteiger partial charge in [0.05, 0.1) is 5.00 Å². The molecule has 0 aliphatic rings. The van der Waals surface area contributed by atoms with Crippen LogP contribution in [0.2, 0.25) is 0 Å². The summed E-state index contributed by atoms with van der Waals surface area (Å²) in [5.41, 5.74) is 7.36. The van der Waals surface area contributed by atoms with Crippen LogP contribution in [0.3, 0.4) is 0 Å². The summed E-state index contributed by atoms with van der Waals surface area (Å²) >= 11 is 1.70. The van der Waals surface area contributed by atoms with Crippen molar-refractivity contribution in [3.8, 4) is 0 Å². The fourth-order valence-corrected chi connectivity index (χ4v) is 2.23. The van der Waals surface area contributed by atoms with Crippen LogP contribution in [0, 0.1) is 0 Å². The van der Waals surface area contributed by atoms with Gasteiger partial charge in [-0.15, -0.1) is 11.3 Å². The van der Waals surface area contributed by atoms with Gasteiger partial charge in [-0.25, -0.2) is 0 Å². The van der Waals surface area contributed by atoms with Gasteiger partial charge in [-0.05, 0) is 29.5 Å². The smallest absolute Gasteiger partial charge is 0.0882 e. The molecule has 1 atom stereocenters. The number of rotatable bonds is 5. The van der Waals surface area contributed by atoms with Crippen molar-refractivity contribution in [1.29, 1.82) is 0 Å². The third-order valence-electron chi connectivity index (χ3n) is 2.40. The van der Waals surface area contributed by atoms with Crippen LogP contribution in [-0.2, 0) is 6.42 Å². The van der Waals surface area contributed by atoms with Gasteiger partial charge in [-0.1, -0.05) is 30.3 Å². The van der Waals surface area contributed by atoms with Crippen LogP contribution in [0.5, 0.6) is 0 Å². The molecule has 0 spiro atoms. The van der Waals surface area contributed by atoms with Gasteiger partial charge in [-0.3, -0.25) is 0 Å². The van der Waals surface area contributed by atoms with Crippen LogP contribution in [-0.4, -0.2) is 12.6 Å². The van der Waals surface area contributed by atoms with Gasteiger partial charge in [0.15, 0.2) is 0 Å². The first-order chi connectivity index (χ1) is 7.84. The Morgan fingerprint density at radius 1 is 1.12 bits per heavy atom. The molecule has 16 heavy (non-hydrogen) atoms. The van der Waals surface area contributed by atoms with Gasteiger partial charge in [0.25, 0.3) is 0 Å². The number of nitrogens with one attached hydrogen (secondary N) is 1. The zero-order valence-electron chi connectivity index (χ0n) is 9.10. The van der Waals surface area contributed by atoms with Gasteiger partial charge in [0.2, 0.25) is 0 Å². The third kappa shape index (κ3) is 3.36. The fraction of sp³-hybridized carbons (Fsp3) is 0.231. The van der Waals surface area contributed by atoms with Crippen molar-refractivity contribution in [3.63, 3.8) is 0 Å². The molecule has 0 aliphatic heterocycles. The molecule has 2 nitrogen and oxygen atoms in total. The largest absolute Gasteiger partial charge is 0.375 e. The van der Waals surface area contributed by atoms with Gasteiger partial charge < -0.3 is 11.1 Å². The van der Waals surface area contributed by atoms with Crippen LogP contribution in [0.25, 0.3) is 0 Å². The number of nitrogens with two attached hydrogens (primary N) is 1. The number of anilines is 1. The first-order valence-corrected chi connectivity index (χ1v) is 6.29. The molecule has 0 radical (unpaired) electrons. The SMILES string of the molecule is N[C@@H](CNc1cccs1)Cc1ccccc1. The maximum Gasteiger partial charge on any atom is 0.0882 e. The molecule has 84 valence electrons. The van der Waals surface area contributed by atoms with Crippen molar-refractivity contribution in [2.24, 2.45) is 5.73 Å². The lowest BCUT2D eigenvalue weighted by Crippen LogP contribution is -2.31. The molecule has 1 aromatic heterocycles. The van der Waals surface area contributed by atoms with Crippen molar-refractivity contribution in [1.82, 2.24) is 0 Å². The molecule has 2 aromatic rings. The predicted molar refractivity (Wildman–Crippen MR) is 70.9 cm³/mol. The molecular weight excluding hydrogens is 216 g/mol. The maximum atomic E-state index is 6.06. The molecule has 0 saturated heterocycles. The number of thiophene rings is 1. The van der Waals surface area contributed by atoms with E-state index >= 15 is 0 Å². The topological polar surface area (TPSA) is 38.0 Å². The predicted octanol–water partition coefficient (Wildman–Crippen LogP) is 2.73. The van der Waals surface area contributed by atoms with Gasteiger partial charge in [-0.2, -0.15) is 0 Å². The van der Waals surface area contributed by atoms with Crippen LogP contribution < -0.4 is 11.1 Å². The second-order valence-corrected chi connectivity index (χ2v) is 4.76. The maximum absolute atomic E-state index is 6.06. The molecule has 1 aromatic carbocycles. The highest BCUT2D eigenvalue weighted by atomic mass is 32.1. The Bertz CT molecular complexity index is 397. The molecule has 0 amide bonds. The van der Waals surface area contributed by atoms with Crippen LogP contribution in [0.1, 0.15) is 5.56 Å². The van der Waals surface area contributed by atoms with E-state index in [1.54, 1.807) is 11.3 Å². The Morgan fingerprint density at radius 3 is 2.62 bits per heavy atom. The summed E-state index contributed by atoms with van der Waals surface area (Å²) in [5, 5.41) is 6.58. The van der Waals surface area contributed by atoms with Crippen LogP contribution in [0.4, 0.5) is 5.00 Å². The van der Waals surface area contributed by atoms with E-state index in [4.69, 9.17) is 5.73 Å². The van der Waals surface area contributed by atoms with Crippen molar-refractivity contribution >= 4 is 16.3 Å². The number of hydrogen-bond acceptors (Lipinski definition) is 3. The summed E-state index contributed by atoms with van der Waals surface area (Å²) in [6.45, 7) is 0.815. The zero-order chi connectivity index (χ0) is 11.2. The lowest BCUT2D eigenvalue weighted by atomic mass is 10.1. The van der Waals surface area contributed by atoms with Gasteiger partial charge in [0, 0.05) is 12.6 Å². The standard InChI is InChI=1S/C13H16N2S/c14-12(9-11-5-2-1-3-6-11)10-15-13-7-4-8-16-13/h1-8,12,15H,9-10,14H2/t12-/m1/s1. The summed E-state index contributed by atoms with van der Waals surface area (Å²) in [7, 11) is 0. The molecule has 1 heterocycles. The Balaban J connectivity index is 1.78. The molecule has 3 heteroatoms. The van der Waals surface area contributed by atoms with E-state index in [1.807, 2.05) is 12.1 Å². The minimum Gasteiger partial charge on any atom is -0.375 e. The summed E-state index contributed by atoms with van der Waals surface area (Å²) < 4.78 is 0. The quantitative estimate of drug-likeness (QED) is 0.832. The highest BCUT2D eigenvalue weighted by Crippen LogP contribution is 2.14. The van der Waals surface area contributed by atoms with Gasteiger partial charge in [0.1, 0.15) is 0 Å². The molecule has 0 fully saturated rings. The minimum absolute atomic E-state index is 0.157. The van der Waals surface area contributed by atoms with Crippen molar-refractivity contribution in [2.75, 3.05) is 11.9 Å². The Kier molecular flexibility index (Phi) is 3.97. The average Bonchev–Trinajstić information content (AvgIpc) is 2.81. The summed E-state index contributed by atoms with van der Waals surface area (Å²) in [4.78, 5) is 0. The Labute approximate surface area is 100 Å². The molecule has 0 bridgehead atoms. The molecule has 0 unspecified atom stereocenters. The van der Waals surface area contributed by atoms with E-state index in [0.717, 1.165) is 13.0 Å². The average molecular weight is 232 g/mol. The second-order valence-electron chi connectivity index (χ2n) is 3.81. The van der Waals surface area contributed by atoms with E-state index in [1.165, 1.54) is 10.6 Å². The lowest BCUT2D eigenvalue weighted by Gasteiger charge is -2.12. The van der Waals surface area contributed by atoms with Crippen LogP contribution >= 0.6 is 11.3 Å². The van der Waals surface area contributed by atoms with E-state index < -0.39 is 0 Å². The molecule has 2 rings (SSSR count). The molecule has 0 aliphatic carbocycles. The van der Waals surface area contributed by atoms with E-state index in [2.05, 4.69) is 41.0 Å². The second kappa shape index (κ2) is 5.68. The van der Waals surface area contributed by atoms with E-state index in [-0.39, 0.29) is 6.04 Å². The number of benzene rings is 1. The first kappa shape index (κ1) is 11.2. The summed E-state index contributed by atoms with van der Waals surface area (Å²) in [5.74, 6) is 0. The normalized spacial score (nSPS) is 12.3. The van der Waals surface area contributed by atoms with E-state index in [0.29, 0.717) is 0 Å². The molecular formula is C13H16N2S.